The number of carbonyl (C=O) groups excluding carboxylic acids is 1. The van der Waals surface area contributed by atoms with Crippen LogP contribution in [0.15, 0.2) is 48.5 Å². The summed E-state index contributed by atoms with van der Waals surface area (Å²) in [4.78, 5) is 14.4. The van der Waals surface area contributed by atoms with Crippen LogP contribution >= 0.6 is 0 Å². The smallest absolute Gasteiger partial charge is 0.311 e. The van der Waals surface area contributed by atoms with Crippen molar-refractivity contribution in [2.75, 3.05) is 6.54 Å². The number of hydrogen-bond donors (Lipinski definition) is 0. The van der Waals surface area contributed by atoms with E-state index in [1.54, 1.807) is 35.2 Å². The Morgan fingerprint density at radius 2 is 1.75 bits per heavy atom. The minimum atomic E-state index is -3.71. The normalized spacial score (nSPS) is 11.7. The van der Waals surface area contributed by atoms with Gasteiger partial charge in [0, 0.05) is 13.1 Å². The van der Waals surface area contributed by atoms with Crippen molar-refractivity contribution < 1.29 is 21.8 Å². The maximum Gasteiger partial charge on any atom is 0.311 e. The van der Waals surface area contributed by atoms with Crippen molar-refractivity contribution in [2.24, 2.45) is 5.92 Å². The minimum Gasteiger partial charge on any atom is -0.382 e. The molecule has 2 aromatic carbocycles. The number of nitrogens with zero attached hydrogens (tertiary/aromatic N) is 1. The van der Waals surface area contributed by atoms with E-state index in [4.69, 9.17) is 4.18 Å². The molecule has 0 fully saturated rings. The van der Waals surface area contributed by atoms with E-state index >= 15 is 0 Å². The van der Waals surface area contributed by atoms with Crippen LogP contribution in [-0.2, 0) is 16.7 Å². The molecule has 152 valence electrons. The molecule has 0 aliphatic carbocycles. The molecule has 0 aliphatic heterocycles. The molecule has 0 N–H and O–H groups in total. The van der Waals surface area contributed by atoms with E-state index in [9.17, 15) is 17.6 Å². The van der Waals surface area contributed by atoms with E-state index < -0.39 is 27.1 Å². The lowest BCUT2D eigenvalue weighted by molar-refractivity contribution is 0.0717. The van der Waals surface area contributed by atoms with Crippen LogP contribution in [0.3, 0.4) is 0 Å². The number of rotatable bonds is 8. The number of amides is 1. The van der Waals surface area contributed by atoms with Crippen LogP contribution < -0.4 is 4.18 Å². The molecule has 0 unspecified atom stereocenters. The van der Waals surface area contributed by atoms with Gasteiger partial charge < -0.3 is 9.08 Å². The van der Waals surface area contributed by atoms with Crippen molar-refractivity contribution in [3.63, 3.8) is 0 Å². The highest BCUT2D eigenvalue weighted by Crippen LogP contribution is 2.20. The molecule has 0 saturated heterocycles. The van der Waals surface area contributed by atoms with E-state index in [0.717, 1.165) is 0 Å². The Bertz CT molecular complexity index is 926. The summed E-state index contributed by atoms with van der Waals surface area (Å²) in [6.45, 7) is 7.66. The average Bonchev–Trinajstić information content (AvgIpc) is 2.60. The Morgan fingerprint density at radius 3 is 2.36 bits per heavy atom. The Labute approximate surface area is 166 Å². The monoisotopic (exact) mass is 407 g/mol. The van der Waals surface area contributed by atoms with Crippen LogP contribution in [0.4, 0.5) is 4.39 Å². The van der Waals surface area contributed by atoms with E-state index in [1.165, 1.54) is 32.0 Å². The Kier molecular flexibility index (Phi) is 7.18. The lowest BCUT2D eigenvalue weighted by Gasteiger charge is -2.25. The van der Waals surface area contributed by atoms with Crippen molar-refractivity contribution in [3.8, 4) is 5.75 Å². The highest BCUT2D eigenvalue weighted by atomic mass is 32.2. The Morgan fingerprint density at radius 1 is 1.07 bits per heavy atom. The molecular weight excluding hydrogens is 381 g/mol. The van der Waals surface area contributed by atoms with Crippen LogP contribution in [0.1, 0.15) is 43.6 Å². The van der Waals surface area contributed by atoms with Gasteiger partial charge in [0.1, 0.15) is 11.6 Å². The van der Waals surface area contributed by atoms with Crippen LogP contribution in [0.25, 0.3) is 0 Å². The SMILES string of the molecule is CC(C)CN(Cc1cccc(OS(=O)(=O)C(C)C)c1)C(=O)c1ccccc1F. The molecule has 2 rings (SSSR count). The molecule has 7 heteroatoms. The summed E-state index contributed by atoms with van der Waals surface area (Å²) in [6, 6.07) is 12.4. The molecule has 0 aromatic heterocycles. The fourth-order valence-corrected chi connectivity index (χ4v) is 3.18. The number of benzene rings is 2. The zero-order valence-corrected chi connectivity index (χ0v) is 17.4. The first-order valence-corrected chi connectivity index (χ1v) is 10.6. The predicted molar refractivity (Wildman–Crippen MR) is 107 cm³/mol. The fourth-order valence-electron chi connectivity index (χ4n) is 2.61. The Hall–Kier alpha value is -2.41. The zero-order valence-electron chi connectivity index (χ0n) is 16.6. The molecular formula is C21H26FNO4S. The highest BCUT2D eigenvalue weighted by Gasteiger charge is 2.21. The maximum absolute atomic E-state index is 14.1. The molecule has 0 aliphatic rings. The standard InChI is InChI=1S/C21H26FNO4S/c1-15(2)13-23(21(24)19-10-5-6-11-20(19)22)14-17-8-7-9-18(12-17)27-28(25,26)16(3)4/h5-12,15-16H,13-14H2,1-4H3. The summed E-state index contributed by atoms with van der Waals surface area (Å²) in [7, 11) is -3.71. The highest BCUT2D eigenvalue weighted by molar-refractivity contribution is 7.87. The van der Waals surface area contributed by atoms with Gasteiger partial charge in [-0.2, -0.15) is 8.42 Å². The van der Waals surface area contributed by atoms with Gasteiger partial charge in [0.05, 0.1) is 10.8 Å². The van der Waals surface area contributed by atoms with Crippen LogP contribution in [-0.4, -0.2) is 31.0 Å². The van der Waals surface area contributed by atoms with Crippen molar-refractivity contribution in [1.82, 2.24) is 4.90 Å². The first-order valence-electron chi connectivity index (χ1n) is 9.16. The second-order valence-corrected chi connectivity index (χ2v) is 9.43. The summed E-state index contributed by atoms with van der Waals surface area (Å²) in [5.74, 6) is -0.611. The average molecular weight is 408 g/mol. The van der Waals surface area contributed by atoms with Crippen molar-refractivity contribution in [3.05, 3.63) is 65.5 Å². The maximum atomic E-state index is 14.1. The minimum absolute atomic E-state index is 0.0120. The van der Waals surface area contributed by atoms with Crippen molar-refractivity contribution >= 4 is 16.0 Å². The topological polar surface area (TPSA) is 63.7 Å². The lowest BCUT2D eigenvalue weighted by Crippen LogP contribution is -2.34. The predicted octanol–water partition coefficient (Wildman–Crippen LogP) is 4.24. The zero-order chi connectivity index (χ0) is 20.9. The summed E-state index contributed by atoms with van der Waals surface area (Å²) >= 11 is 0. The molecule has 5 nitrogen and oxygen atoms in total. The second-order valence-electron chi connectivity index (χ2n) is 7.33. The molecule has 0 heterocycles. The van der Waals surface area contributed by atoms with Gasteiger partial charge in [-0.15, -0.1) is 0 Å². The van der Waals surface area contributed by atoms with Gasteiger partial charge in [-0.1, -0.05) is 38.1 Å². The first-order chi connectivity index (χ1) is 13.1. The summed E-state index contributed by atoms with van der Waals surface area (Å²) in [5.41, 5.74) is 0.708. The van der Waals surface area contributed by atoms with Crippen molar-refractivity contribution in [2.45, 2.75) is 39.5 Å². The van der Waals surface area contributed by atoms with E-state index in [-0.39, 0.29) is 23.8 Å². The van der Waals surface area contributed by atoms with Gasteiger partial charge in [0.2, 0.25) is 0 Å². The summed E-state index contributed by atoms with van der Waals surface area (Å²) in [5, 5.41) is -0.670. The van der Waals surface area contributed by atoms with E-state index in [1.807, 2.05) is 13.8 Å². The number of hydrogen-bond acceptors (Lipinski definition) is 4. The van der Waals surface area contributed by atoms with Crippen LogP contribution in [0, 0.1) is 11.7 Å². The second kappa shape index (κ2) is 9.19. The van der Waals surface area contributed by atoms with Crippen LogP contribution in [0.5, 0.6) is 5.75 Å². The molecule has 0 bridgehead atoms. The molecule has 2 aromatic rings. The van der Waals surface area contributed by atoms with Crippen molar-refractivity contribution in [1.29, 1.82) is 0 Å². The van der Waals surface area contributed by atoms with Gasteiger partial charge >= 0.3 is 10.1 Å². The van der Waals surface area contributed by atoms with Gasteiger partial charge in [-0.3, -0.25) is 4.79 Å². The molecule has 0 spiro atoms. The first kappa shape index (κ1) is 21.9. The lowest BCUT2D eigenvalue weighted by atomic mass is 10.1. The number of halogens is 1. The van der Waals surface area contributed by atoms with E-state index in [2.05, 4.69) is 0 Å². The Balaban J connectivity index is 2.27. The van der Waals surface area contributed by atoms with E-state index in [0.29, 0.717) is 12.1 Å². The molecule has 0 saturated carbocycles. The quantitative estimate of drug-likeness (QED) is 0.614. The third-order valence-corrected chi connectivity index (χ3v) is 5.62. The molecule has 28 heavy (non-hydrogen) atoms. The number of carbonyl (C=O) groups is 1. The largest absolute Gasteiger partial charge is 0.382 e. The fraction of sp³-hybridized carbons (Fsp3) is 0.381. The van der Waals surface area contributed by atoms with Gasteiger partial charge in [0.15, 0.2) is 0 Å². The molecule has 0 atom stereocenters. The van der Waals surface area contributed by atoms with Gasteiger partial charge in [0.25, 0.3) is 5.91 Å². The van der Waals surface area contributed by atoms with Crippen LogP contribution in [0.2, 0.25) is 0 Å². The van der Waals surface area contributed by atoms with Gasteiger partial charge in [-0.25, -0.2) is 4.39 Å². The van der Waals surface area contributed by atoms with Gasteiger partial charge in [-0.05, 0) is 49.6 Å². The summed E-state index contributed by atoms with van der Waals surface area (Å²) in [6.07, 6.45) is 0. The third-order valence-electron chi connectivity index (χ3n) is 4.04. The third kappa shape index (κ3) is 5.79. The molecule has 0 radical (unpaired) electrons. The molecule has 1 amide bonds. The summed E-state index contributed by atoms with van der Waals surface area (Å²) < 4.78 is 43.2.